The van der Waals surface area contributed by atoms with E-state index in [2.05, 4.69) is 4.98 Å². The van der Waals surface area contributed by atoms with Crippen LogP contribution in [0, 0.1) is 0 Å². The number of carboxylic acids is 1. The highest BCUT2D eigenvalue weighted by molar-refractivity contribution is 5.82. The van der Waals surface area contributed by atoms with Gasteiger partial charge in [-0.3, -0.25) is 9.59 Å². The molecule has 5 heteroatoms. The highest BCUT2D eigenvalue weighted by Gasteiger charge is 2.11. The lowest BCUT2D eigenvalue weighted by atomic mass is 9.99. The number of benzene rings is 1. The predicted molar refractivity (Wildman–Crippen MR) is 86.5 cm³/mol. The number of hydrogen-bond acceptors (Lipinski definition) is 3. The van der Waals surface area contributed by atoms with E-state index in [0.29, 0.717) is 16.6 Å². The van der Waals surface area contributed by atoms with Crippen LogP contribution < -0.4 is 10.2 Å². The first-order valence-electron chi connectivity index (χ1n) is 7.05. The number of rotatable bonds is 5. The van der Waals surface area contributed by atoms with Gasteiger partial charge in [-0.1, -0.05) is 19.9 Å². The van der Waals surface area contributed by atoms with Crippen LogP contribution in [0.25, 0.3) is 17.0 Å². The van der Waals surface area contributed by atoms with Crippen molar-refractivity contribution in [2.75, 3.05) is 7.11 Å². The molecule has 1 heterocycles. The number of carbonyl (C=O) groups is 1. The summed E-state index contributed by atoms with van der Waals surface area (Å²) in [5, 5.41) is 9.23. The molecule has 0 atom stereocenters. The number of aromatic amines is 1. The highest BCUT2D eigenvalue weighted by Crippen LogP contribution is 2.29. The van der Waals surface area contributed by atoms with Gasteiger partial charge in [0.2, 0.25) is 0 Å². The van der Waals surface area contributed by atoms with Gasteiger partial charge in [0.15, 0.2) is 5.43 Å². The third kappa shape index (κ3) is 3.36. The fraction of sp³-hybridized carbons (Fsp3) is 0.294. The second kappa shape index (κ2) is 6.47. The molecule has 2 aromatic rings. The molecule has 0 bridgehead atoms. The molecule has 0 saturated heterocycles. The van der Waals surface area contributed by atoms with Gasteiger partial charge in [0, 0.05) is 23.2 Å². The standard InChI is InChI=1S/C17H19NO4/c1-10(2)12-8-13-14(9-16(12)22-3)18-11(7-15(13)19)5-4-6-17(20)21/h4-5,7-10H,6H2,1-3H3,(H,18,19)(H,20,21)/b5-4-. The molecule has 0 unspecified atom stereocenters. The Hall–Kier alpha value is -2.56. The summed E-state index contributed by atoms with van der Waals surface area (Å²) in [6, 6.07) is 5.13. The lowest BCUT2D eigenvalue weighted by molar-refractivity contribution is -0.135. The quantitative estimate of drug-likeness (QED) is 0.889. The molecule has 1 aromatic heterocycles. The van der Waals surface area contributed by atoms with Crippen LogP contribution in [0.15, 0.2) is 29.1 Å². The van der Waals surface area contributed by atoms with E-state index in [1.54, 1.807) is 19.3 Å². The van der Waals surface area contributed by atoms with Crippen molar-refractivity contribution in [3.63, 3.8) is 0 Å². The Morgan fingerprint density at radius 1 is 1.36 bits per heavy atom. The summed E-state index contributed by atoms with van der Waals surface area (Å²) in [5.74, 6) is 0.0568. The molecule has 1 aromatic carbocycles. The molecule has 0 saturated carbocycles. The Morgan fingerprint density at radius 3 is 2.68 bits per heavy atom. The van der Waals surface area contributed by atoms with Gasteiger partial charge >= 0.3 is 5.97 Å². The summed E-state index contributed by atoms with van der Waals surface area (Å²) >= 11 is 0. The van der Waals surface area contributed by atoms with E-state index in [1.165, 1.54) is 12.1 Å². The summed E-state index contributed by atoms with van der Waals surface area (Å²) in [7, 11) is 1.60. The molecule has 0 radical (unpaired) electrons. The average Bonchev–Trinajstić information content (AvgIpc) is 2.45. The highest BCUT2D eigenvalue weighted by atomic mass is 16.5. The van der Waals surface area contributed by atoms with Crippen LogP contribution in [0.4, 0.5) is 0 Å². The number of fused-ring (bicyclic) bond motifs is 1. The lowest BCUT2D eigenvalue weighted by Crippen LogP contribution is -2.05. The SMILES string of the molecule is COc1cc2[nH]c(/C=C\CC(=O)O)cc(=O)c2cc1C(C)C. The Labute approximate surface area is 128 Å². The molecule has 5 nitrogen and oxygen atoms in total. The van der Waals surface area contributed by atoms with E-state index < -0.39 is 5.97 Å². The van der Waals surface area contributed by atoms with Gasteiger partial charge in [0.1, 0.15) is 5.75 Å². The molecule has 2 rings (SSSR count). The smallest absolute Gasteiger partial charge is 0.307 e. The Morgan fingerprint density at radius 2 is 2.09 bits per heavy atom. The van der Waals surface area contributed by atoms with Crippen LogP contribution in [-0.2, 0) is 4.79 Å². The number of ether oxygens (including phenoxy) is 1. The maximum atomic E-state index is 12.3. The first-order valence-corrected chi connectivity index (χ1v) is 7.05. The third-order valence-electron chi connectivity index (χ3n) is 3.41. The van der Waals surface area contributed by atoms with Crippen molar-refractivity contribution in [3.05, 3.63) is 45.8 Å². The van der Waals surface area contributed by atoms with E-state index in [0.717, 1.165) is 11.3 Å². The van der Waals surface area contributed by atoms with Crippen molar-refractivity contribution in [2.45, 2.75) is 26.2 Å². The summed E-state index contributed by atoms with van der Waals surface area (Å²) in [6.07, 6.45) is 3.01. The van der Waals surface area contributed by atoms with E-state index in [-0.39, 0.29) is 17.8 Å². The van der Waals surface area contributed by atoms with Crippen LogP contribution in [-0.4, -0.2) is 23.2 Å². The minimum absolute atomic E-state index is 0.0876. The van der Waals surface area contributed by atoms with Gasteiger partial charge in [0.05, 0.1) is 19.0 Å². The number of H-pyrrole nitrogens is 1. The maximum Gasteiger partial charge on any atom is 0.307 e. The second-order valence-electron chi connectivity index (χ2n) is 5.38. The number of carboxylic acid groups (broad SMARTS) is 1. The van der Waals surface area contributed by atoms with Crippen LogP contribution in [0.1, 0.15) is 37.4 Å². The zero-order valence-corrected chi connectivity index (χ0v) is 12.8. The normalized spacial score (nSPS) is 11.5. The van der Waals surface area contributed by atoms with Crippen molar-refractivity contribution >= 4 is 22.9 Å². The largest absolute Gasteiger partial charge is 0.496 e. The van der Waals surface area contributed by atoms with E-state index in [9.17, 15) is 9.59 Å². The Kier molecular flexibility index (Phi) is 4.65. The van der Waals surface area contributed by atoms with Crippen LogP contribution in [0.2, 0.25) is 0 Å². The summed E-state index contributed by atoms with van der Waals surface area (Å²) in [6.45, 7) is 4.09. The monoisotopic (exact) mass is 301 g/mol. The third-order valence-corrected chi connectivity index (χ3v) is 3.41. The van der Waals surface area contributed by atoms with E-state index >= 15 is 0 Å². The number of pyridine rings is 1. The number of methoxy groups -OCH3 is 1. The van der Waals surface area contributed by atoms with Gasteiger partial charge < -0.3 is 14.8 Å². The van der Waals surface area contributed by atoms with Crippen molar-refractivity contribution in [3.8, 4) is 5.75 Å². The zero-order chi connectivity index (χ0) is 16.3. The van der Waals surface area contributed by atoms with Crippen LogP contribution >= 0.6 is 0 Å². The van der Waals surface area contributed by atoms with E-state index in [1.807, 2.05) is 19.9 Å². The topological polar surface area (TPSA) is 79.4 Å². The van der Waals surface area contributed by atoms with Crippen molar-refractivity contribution in [1.29, 1.82) is 0 Å². The molecule has 0 amide bonds. The van der Waals surface area contributed by atoms with Crippen molar-refractivity contribution in [2.24, 2.45) is 0 Å². The zero-order valence-electron chi connectivity index (χ0n) is 12.8. The van der Waals surface area contributed by atoms with E-state index in [4.69, 9.17) is 9.84 Å². The van der Waals surface area contributed by atoms with Crippen molar-refractivity contribution in [1.82, 2.24) is 4.98 Å². The summed E-state index contributed by atoms with van der Waals surface area (Å²) < 4.78 is 5.39. The first-order chi connectivity index (χ1) is 10.4. The molecule has 0 aliphatic rings. The van der Waals surface area contributed by atoms with Gasteiger partial charge in [-0.25, -0.2) is 0 Å². The maximum absolute atomic E-state index is 12.3. The minimum atomic E-state index is -0.914. The molecule has 0 spiro atoms. The number of aromatic nitrogens is 1. The van der Waals surface area contributed by atoms with Crippen LogP contribution in [0.3, 0.4) is 0 Å². The molecule has 2 N–H and O–H groups in total. The molecule has 0 fully saturated rings. The number of aliphatic carboxylic acids is 1. The number of nitrogens with one attached hydrogen (secondary N) is 1. The second-order valence-corrected chi connectivity index (χ2v) is 5.38. The fourth-order valence-corrected chi connectivity index (χ4v) is 2.32. The molecule has 0 aliphatic carbocycles. The molecule has 22 heavy (non-hydrogen) atoms. The van der Waals surface area contributed by atoms with Gasteiger partial charge in [-0.05, 0) is 23.6 Å². The van der Waals surface area contributed by atoms with Gasteiger partial charge in [0.25, 0.3) is 0 Å². The summed E-state index contributed by atoms with van der Waals surface area (Å²) in [5.41, 5.74) is 2.12. The Balaban J connectivity index is 2.55. The lowest BCUT2D eigenvalue weighted by Gasteiger charge is -2.13. The molecule has 116 valence electrons. The number of hydrogen-bond donors (Lipinski definition) is 2. The minimum Gasteiger partial charge on any atom is -0.496 e. The first kappa shape index (κ1) is 15.8. The van der Waals surface area contributed by atoms with Gasteiger partial charge in [-0.15, -0.1) is 0 Å². The molecular formula is C17H19NO4. The van der Waals surface area contributed by atoms with Crippen LogP contribution in [0.5, 0.6) is 5.75 Å². The summed E-state index contributed by atoms with van der Waals surface area (Å²) in [4.78, 5) is 25.9. The molecular weight excluding hydrogens is 282 g/mol. The predicted octanol–water partition coefficient (Wildman–Crippen LogP) is 3.15. The van der Waals surface area contributed by atoms with Crippen molar-refractivity contribution < 1.29 is 14.6 Å². The molecule has 0 aliphatic heterocycles. The fourth-order valence-electron chi connectivity index (χ4n) is 2.32. The Bertz CT molecular complexity index is 787. The average molecular weight is 301 g/mol. The van der Waals surface area contributed by atoms with Gasteiger partial charge in [-0.2, -0.15) is 0 Å².